The summed E-state index contributed by atoms with van der Waals surface area (Å²) in [5.74, 6) is 0. The molecule has 1 N–H and O–H groups in total. The quantitative estimate of drug-likeness (QED) is 0.389. The molecule has 0 bridgehead atoms. The van der Waals surface area contributed by atoms with Crippen molar-refractivity contribution in [3.8, 4) is 0 Å². The molecular weight excluding hydrogens is 168 g/mol. The van der Waals surface area contributed by atoms with Gasteiger partial charge in [0.25, 0.3) is 0 Å². The van der Waals surface area contributed by atoms with Gasteiger partial charge in [-0.05, 0) is 12.8 Å². The van der Waals surface area contributed by atoms with Crippen LogP contribution in [0.5, 0.6) is 0 Å². The Kier molecular flexibility index (Phi) is 16.2. The van der Waals surface area contributed by atoms with Gasteiger partial charge in [-0.3, -0.25) is 0 Å². The van der Waals surface area contributed by atoms with Crippen LogP contribution in [0.3, 0.4) is 0 Å². The van der Waals surface area contributed by atoms with Gasteiger partial charge in [-0.2, -0.15) is 0 Å². The molecule has 0 atom stereocenters. The summed E-state index contributed by atoms with van der Waals surface area (Å²) < 4.78 is 0. The average molecular weight is 179 g/mol. The molecule has 0 rings (SSSR count). The zero-order valence-corrected chi connectivity index (χ0v) is 7.36. The van der Waals surface area contributed by atoms with Gasteiger partial charge in [-0.25, -0.2) is 0 Å². The van der Waals surface area contributed by atoms with Gasteiger partial charge in [0.15, 0.2) is 0 Å². The van der Waals surface area contributed by atoms with Crippen LogP contribution in [0, 0.1) is 0 Å². The van der Waals surface area contributed by atoms with Crippen molar-refractivity contribution in [3.63, 3.8) is 0 Å². The number of rotatable bonds is 3. The molecule has 0 unspecified atom stereocenters. The number of unbranched alkanes of at least 4 members (excludes halogenated alkanes) is 1. The number of aliphatic hydroxyl groups is 1. The molecule has 0 heterocycles. The van der Waals surface area contributed by atoms with Crippen LogP contribution in [0.2, 0.25) is 0 Å². The molecule has 0 aromatic rings. The second-order valence-corrected chi connectivity index (χ2v) is 1.91. The summed E-state index contributed by atoms with van der Waals surface area (Å²) in [5.41, 5.74) is 0. The topological polar surface area (TPSA) is 20.2 Å². The van der Waals surface area contributed by atoms with Crippen LogP contribution < -0.4 is 0 Å². The Morgan fingerprint density at radius 1 is 1.43 bits per heavy atom. The summed E-state index contributed by atoms with van der Waals surface area (Å²) in [7, 11) is 0. The number of hydrogen-bond donors (Lipinski definition) is 1. The van der Waals surface area contributed by atoms with Crippen LogP contribution in [-0.2, 0) is 0 Å². The van der Waals surface area contributed by atoms with Gasteiger partial charge >= 0.3 is 23.1 Å². The van der Waals surface area contributed by atoms with Crippen LogP contribution in [0.25, 0.3) is 0 Å². The van der Waals surface area contributed by atoms with Crippen molar-refractivity contribution in [2.24, 2.45) is 0 Å². The molecule has 42 valence electrons. The van der Waals surface area contributed by atoms with Crippen LogP contribution in [0.15, 0.2) is 0 Å². The van der Waals surface area contributed by atoms with E-state index in [1.165, 1.54) is 0 Å². The Hall–Kier alpha value is 1.21. The maximum atomic E-state index is 8.18. The van der Waals surface area contributed by atoms with E-state index in [1.807, 2.05) is 0 Å². The predicted octanol–water partition coefficient (Wildman–Crippen LogP) is 0.998. The summed E-state index contributed by atoms with van der Waals surface area (Å²) in [6.45, 7) is 0.325. The van der Waals surface area contributed by atoms with Crippen molar-refractivity contribution >= 4 is 39.0 Å². The fourth-order valence-electron chi connectivity index (χ4n) is 0.206. The van der Waals surface area contributed by atoms with Crippen molar-refractivity contribution in [1.29, 1.82) is 0 Å². The summed E-state index contributed by atoms with van der Waals surface area (Å²) in [6.07, 6.45) is 2.00. The smallest absolute Gasteiger partial charge is 1.00 e. The minimum absolute atomic E-state index is 0. The first kappa shape index (κ1) is 11.1. The first-order chi connectivity index (χ1) is 2.91. The Labute approximate surface area is 71.7 Å². The zero-order valence-electron chi connectivity index (χ0n) is 6.36. The molecule has 7 heavy (non-hydrogen) atoms. The summed E-state index contributed by atoms with van der Waals surface area (Å²) in [6, 6.07) is 0. The van der Waals surface area contributed by atoms with Gasteiger partial charge in [0.1, 0.15) is 0 Å². The van der Waals surface area contributed by atoms with Crippen molar-refractivity contribution in [2.45, 2.75) is 12.8 Å². The van der Waals surface area contributed by atoms with Gasteiger partial charge in [0.05, 0.1) is 0 Å². The molecule has 0 aliphatic heterocycles. The van der Waals surface area contributed by atoms with E-state index in [0.717, 1.165) is 18.2 Å². The minimum atomic E-state index is 0. The van der Waals surface area contributed by atoms with Gasteiger partial charge < -0.3 is 7.96 Å². The van der Waals surface area contributed by atoms with Gasteiger partial charge in [0, 0.05) is 11.9 Å². The second-order valence-electron chi connectivity index (χ2n) is 1.12. The summed E-state index contributed by atoms with van der Waals surface area (Å²) >= 11 is 3.24. The zero-order chi connectivity index (χ0) is 4.83. The number of alkyl halides is 1. The largest absolute Gasteiger partial charge is 2.00 e. The fourth-order valence-corrected chi connectivity index (χ4v) is 0.603. The van der Waals surface area contributed by atoms with Gasteiger partial charge in [-0.1, -0.05) is 15.9 Å². The van der Waals surface area contributed by atoms with E-state index in [9.17, 15) is 0 Å². The normalized spacial score (nSPS) is 7.71. The molecule has 0 aliphatic rings. The van der Waals surface area contributed by atoms with Crippen LogP contribution >= 0.6 is 15.9 Å². The first-order valence-electron chi connectivity index (χ1n) is 2.08. The summed E-state index contributed by atoms with van der Waals surface area (Å²) in [5, 5.41) is 9.18. The molecule has 3 heteroatoms. The van der Waals surface area contributed by atoms with E-state index in [2.05, 4.69) is 15.9 Å². The van der Waals surface area contributed by atoms with Crippen LogP contribution in [-0.4, -0.2) is 40.1 Å². The predicted molar refractivity (Wildman–Crippen MR) is 38.1 cm³/mol. The van der Waals surface area contributed by atoms with E-state index < -0.39 is 0 Å². The Morgan fingerprint density at radius 2 is 2.00 bits per heavy atom. The minimum Gasteiger partial charge on any atom is -1.00 e. The Bertz CT molecular complexity index is 30.5. The average Bonchev–Trinajstić information content (AvgIpc) is 1.61. The molecule has 0 spiro atoms. The number of halogens is 1. The van der Waals surface area contributed by atoms with E-state index in [0.29, 0.717) is 6.61 Å². The van der Waals surface area contributed by atoms with E-state index in [-0.39, 0.29) is 25.9 Å². The molecule has 0 amide bonds. The van der Waals surface area contributed by atoms with Crippen molar-refractivity contribution in [1.82, 2.24) is 0 Å². The van der Waals surface area contributed by atoms with Crippen molar-refractivity contribution in [3.05, 3.63) is 0 Å². The first-order valence-corrected chi connectivity index (χ1v) is 3.20. The molecule has 0 fully saturated rings. The fraction of sp³-hybridized carbons (Fsp3) is 1.00. The number of aliphatic hydroxyl groups excluding tert-OH is 1. The molecule has 0 aromatic carbocycles. The monoisotopic (exact) mass is 178 g/mol. The van der Waals surface area contributed by atoms with Crippen molar-refractivity contribution in [2.75, 3.05) is 11.9 Å². The van der Waals surface area contributed by atoms with E-state index in [1.54, 1.807) is 0 Å². The third-order valence-electron chi connectivity index (χ3n) is 0.542. The second kappa shape index (κ2) is 10.2. The Morgan fingerprint density at radius 3 is 2.14 bits per heavy atom. The molecule has 1 nitrogen and oxygen atoms in total. The third-order valence-corrected chi connectivity index (χ3v) is 1.10. The number of hydrogen-bond acceptors (Lipinski definition) is 1. The van der Waals surface area contributed by atoms with Crippen LogP contribution in [0.4, 0.5) is 0 Å². The molecule has 0 saturated carbocycles. The molecule has 0 saturated heterocycles. The van der Waals surface area contributed by atoms with Gasteiger partial charge in [-0.15, -0.1) is 0 Å². The third kappa shape index (κ3) is 11.0. The molecular formula is C4H11BrMgO. The van der Waals surface area contributed by atoms with Crippen LogP contribution in [0.1, 0.15) is 15.7 Å². The maximum absolute atomic E-state index is 8.18. The summed E-state index contributed by atoms with van der Waals surface area (Å²) in [4.78, 5) is 0. The van der Waals surface area contributed by atoms with E-state index in [4.69, 9.17) is 5.11 Å². The standard InChI is InChI=1S/C4H9BrO.Mg.2H/c5-3-1-2-4-6;;;/h6H,1-4H2;;;/q;+2;2*-1. The SMILES string of the molecule is OCCCCBr.[H-].[H-].[Mg+2]. The maximum Gasteiger partial charge on any atom is 2.00 e. The van der Waals surface area contributed by atoms with Crippen molar-refractivity contribution < 1.29 is 7.96 Å². The van der Waals surface area contributed by atoms with E-state index >= 15 is 0 Å². The molecule has 0 radical (unpaired) electrons. The molecule has 0 aliphatic carbocycles. The Balaban J connectivity index is -0.0000000417. The molecule has 0 aromatic heterocycles. The van der Waals surface area contributed by atoms with Gasteiger partial charge in [0.2, 0.25) is 0 Å².